The van der Waals surface area contributed by atoms with Crippen LogP contribution in [0.15, 0.2) is 16.6 Å². The van der Waals surface area contributed by atoms with Crippen LogP contribution in [0.3, 0.4) is 0 Å². The fraction of sp³-hybridized carbons (Fsp3) is 0.333. The lowest BCUT2D eigenvalue weighted by Gasteiger charge is -2.15. The Balaban J connectivity index is 2.78. The summed E-state index contributed by atoms with van der Waals surface area (Å²) >= 11 is 15.2. The fourth-order valence-electron chi connectivity index (χ4n) is 1.52. The summed E-state index contributed by atoms with van der Waals surface area (Å²) < 4.78 is 0.674. The number of halogens is 3. The van der Waals surface area contributed by atoms with Gasteiger partial charge in [0.05, 0.1) is 15.7 Å². The summed E-state index contributed by atoms with van der Waals surface area (Å²) in [5, 5.41) is 14.3. The zero-order valence-electron chi connectivity index (χ0n) is 10.5. The number of benzene rings is 1. The highest BCUT2D eigenvalue weighted by molar-refractivity contribution is 9.10. The molecule has 0 saturated heterocycles. The first-order valence-electron chi connectivity index (χ1n) is 5.80. The van der Waals surface area contributed by atoms with Gasteiger partial charge in [0.25, 0.3) is 0 Å². The van der Waals surface area contributed by atoms with Gasteiger partial charge in [-0.1, -0.05) is 52.5 Å². The molecule has 0 aromatic heterocycles. The molecule has 0 saturated carbocycles. The second-order valence-electron chi connectivity index (χ2n) is 4.02. The van der Waals surface area contributed by atoms with E-state index in [0.717, 1.165) is 0 Å². The average molecular weight is 384 g/mol. The van der Waals surface area contributed by atoms with E-state index in [9.17, 15) is 9.59 Å². The van der Waals surface area contributed by atoms with Crippen LogP contribution in [0.5, 0.6) is 0 Å². The summed E-state index contributed by atoms with van der Waals surface area (Å²) in [7, 11) is 0. The Morgan fingerprint density at radius 1 is 1.35 bits per heavy atom. The minimum atomic E-state index is -1.09. The van der Waals surface area contributed by atoms with Crippen LogP contribution in [0, 0.1) is 0 Å². The summed E-state index contributed by atoms with van der Waals surface area (Å²) in [5.41, 5.74) is 0.231. The lowest BCUT2D eigenvalue weighted by atomic mass is 10.2. The molecule has 3 N–H and O–H groups in total. The Morgan fingerprint density at radius 2 is 1.90 bits per heavy atom. The minimum absolute atomic E-state index is 0.231. The van der Waals surface area contributed by atoms with Gasteiger partial charge in [-0.3, -0.25) is 0 Å². The van der Waals surface area contributed by atoms with Gasteiger partial charge < -0.3 is 15.7 Å². The highest BCUT2D eigenvalue weighted by Crippen LogP contribution is 2.33. The maximum absolute atomic E-state index is 11.8. The van der Waals surface area contributed by atoms with Crippen molar-refractivity contribution in [2.45, 2.75) is 25.8 Å². The van der Waals surface area contributed by atoms with E-state index in [1.165, 1.54) is 0 Å². The summed E-state index contributed by atoms with van der Waals surface area (Å²) in [6.07, 6.45) is 0.974. The molecule has 1 atom stereocenters. The summed E-state index contributed by atoms with van der Waals surface area (Å²) in [5.74, 6) is -1.09. The number of carbonyl (C=O) groups is 2. The van der Waals surface area contributed by atoms with Gasteiger partial charge in [0.1, 0.15) is 6.04 Å². The van der Waals surface area contributed by atoms with Crippen LogP contribution in [0.25, 0.3) is 0 Å². The molecule has 2 amide bonds. The van der Waals surface area contributed by atoms with Crippen molar-refractivity contribution < 1.29 is 14.7 Å². The van der Waals surface area contributed by atoms with E-state index >= 15 is 0 Å². The monoisotopic (exact) mass is 382 g/mol. The Bertz CT molecular complexity index is 502. The van der Waals surface area contributed by atoms with Gasteiger partial charge in [0.15, 0.2) is 0 Å². The Morgan fingerprint density at radius 3 is 2.35 bits per heavy atom. The molecule has 1 aromatic carbocycles. The normalized spacial score (nSPS) is 11.8. The number of urea groups is 1. The predicted octanol–water partition coefficient (Wildman–Crippen LogP) is 4.13. The van der Waals surface area contributed by atoms with E-state index in [-0.39, 0.29) is 15.7 Å². The minimum Gasteiger partial charge on any atom is -0.480 e. The van der Waals surface area contributed by atoms with E-state index in [0.29, 0.717) is 17.3 Å². The first-order chi connectivity index (χ1) is 9.35. The number of hydrogen-bond acceptors (Lipinski definition) is 2. The molecule has 20 heavy (non-hydrogen) atoms. The molecule has 1 aromatic rings. The van der Waals surface area contributed by atoms with Crippen LogP contribution in [-0.4, -0.2) is 23.1 Å². The molecule has 0 bridgehead atoms. The van der Waals surface area contributed by atoms with E-state index in [2.05, 4.69) is 26.6 Å². The van der Waals surface area contributed by atoms with Crippen LogP contribution in [0.2, 0.25) is 10.0 Å². The maximum atomic E-state index is 11.8. The third-order valence-corrected chi connectivity index (χ3v) is 3.48. The molecule has 1 unspecified atom stereocenters. The third-order valence-electron chi connectivity index (χ3n) is 2.43. The highest BCUT2D eigenvalue weighted by Gasteiger charge is 2.20. The molecule has 0 radical (unpaired) electrons. The van der Waals surface area contributed by atoms with Crippen molar-refractivity contribution >= 4 is 56.8 Å². The van der Waals surface area contributed by atoms with E-state index < -0.39 is 18.0 Å². The second-order valence-corrected chi connectivity index (χ2v) is 5.75. The SMILES string of the molecule is CCCC(NC(=O)Nc1c(Cl)cc(Br)cc1Cl)C(=O)O. The van der Waals surface area contributed by atoms with Crippen LogP contribution in [0.1, 0.15) is 19.8 Å². The molecule has 0 aliphatic heterocycles. The molecule has 0 aliphatic rings. The first kappa shape index (κ1) is 17.1. The van der Waals surface area contributed by atoms with Gasteiger partial charge in [0.2, 0.25) is 0 Å². The van der Waals surface area contributed by atoms with Crippen LogP contribution in [-0.2, 0) is 4.79 Å². The van der Waals surface area contributed by atoms with Crippen LogP contribution in [0.4, 0.5) is 10.5 Å². The smallest absolute Gasteiger partial charge is 0.326 e. The number of hydrogen-bond donors (Lipinski definition) is 3. The lowest BCUT2D eigenvalue weighted by molar-refractivity contribution is -0.139. The van der Waals surface area contributed by atoms with Crippen molar-refractivity contribution in [3.05, 3.63) is 26.7 Å². The third kappa shape index (κ3) is 4.85. The molecule has 0 fully saturated rings. The van der Waals surface area contributed by atoms with Crippen molar-refractivity contribution in [1.82, 2.24) is 5.32 Å². The lowest BCUT2D eigenvalue weighted by Crippen LogP contribution is -2.42. The van der Waals surface area contributed by atoms with Crippen LogP contribution >= 0.6 is 39.1 Å². The molecule has 0 aliphatic carbocycles. The van der Waals surface area contributed by atoms with Gasteiger partial charge in [-0.25, -0.2) is 9.59 Å². The predicted molar refractivity (Wildman–Crippen MR) is 82.6 cm³/mol. The summed E-state index contributed by atoms with van der Waals surface area (Å²) in [6, 6.07) is 1.53. The standard InChI is InChI=1S/C12H13BrCl2N2O3/c1-2-3-9(11(18)19)16-12(20)17-10-7(14)4-6(13)5-8(10)15/h4-5,9H,2-3H2,1H3,(H,18,19)(H2,16,17,20). The Kier molecular flexibility index (Phi) is 6.58. The van der Waals surface area contributed by atoms with Gasteiger partial charge in [-0.05, 0) is 18.6 Å². The van der Waals surface area contributed by atoms with Crippen LogP contribution < -0.4 is 10.6 Å². The number of nitrogens with one attached hydrogen (secondary N) is 2. The number of anilines is 1. The number of carboxylic acid groups (broad SMARTS) is 1. The van der Waals surface area contributed by atoms with Crippen molar-refractivity contribution in [3.8, 4) is 0 Å². The molecule has 0 heterocycles. The summed E-state index contributed by atoms with van der Waals surface area (Å²) in [6.45, 7) is 1.83. The molecule has 8 heteroatoms. The fourth-order valence-corrected chi connectivity index (χ4v) is 2.82. The van der Waals surface area contributed by atoms with E-state index in [1.54, 1.807) is 12.1 Å². The van der Waals surface area contributed by atoms with Crippen molar-refractivity contribution in [1.29, 1.82) is 0 Å². The first-order valence-corrected chi connectivity index (χ1v) is 7.35. The molecule has 0 spiro atoms. The number of aliphatic carboxylic acids is 1. The molecular weight excluding hydrogens is 371 g/mol. The van der Waals surface area contributed by atoms with Gasteiger partial charge in [-0.15, -0.1) is 0 Å². The zero-order chi connectivity index (χ0) is 15.3. The molecular formula is C12H13BrCl2N2O3. The highest BCUT2D eigenvalue weighted by atomic mass is 79.9. The zero-order valence-corrected chi connectivity index (χ0v) is 13.6. The largest absolute Gasteiger partial charge is 0.480 e. The van der Waals surface area contributed by atoms with Crippen molar-refractivity contribution in [2.75, 3.05) is 5.32 Å². The number of carbonyl (C=O) groups excluding carboxylic acids is 1. The topological polar surface area (TPSA) is 78.4 Å². The number of amides is 2. The average Bonchev–Trinajstić information content (AvgIpc) is 2.33. The number of carboxylic acids is 1. The number of rotatable bonds is 5. The van der Waals surface area contributed by atoms with Gasteiger partial charge in [0, 0.05) is 4.47 Å². The van der Waals surface area contributed by atoms with Crippen molar-refractivity contribution in [2.24, 2.45) is 0 Å². The Hall–Kier alpha value is -0.980. The quantitative estimate of drug-likeness (QED) is 0.715. The molecule has 110 valence electrons. The molecule has 5 nitrogen and oxygen atoms in total. The van der Waals surface area contributed by atoms with Gasteiger partial charge >= 0.3 is 12.0 Å². The maximum Gasteiger partial charge on any atom is 0.326 e. The second kappa shape index (κ2) is 7.71. The van der Waals surface area contributed by atoms with E-state index in [1.807, 2.05) is 6.92 Å². The molecule has 1 rings (SSSR count). The van der Waals surface area contributed by atoms with Crippen molar-refractivity contribution in [3.63, 3.8) is 0 Å². The Labute approximate surface area is 134 Å². The van der Waals surface area contributed by atoms with Gasteiger partial charge in [-0.2, -0.15) is 0 Å². The summed E-state index contributed by atoms with van der Waals surface area (Å²) in [4.78, 5) is 22.7. The van der Waals surface area contributed by atoms with E-state index in [4.69, 9.17) is 28.3 Å².